The van der Waals surface area contributed by atoms with E-state index in [1.165, 1.54) is 23.5 Å². The van der Waals surface area contributed by atoms with Gasteiger partial charge in [0.15, 0.2) is 17.4 Å². The highest BCUT2D eigenvalue weighted by molar-refractivity contribution is 9.11. The fourth-order valence-electron chi connectivity index (χ4n) is 1.83. The maximum absolute atomic E-state index is 13.9. The summed E-state index contributed by atoms with van der Waals surface area (Å²) in [5, 5.41) is 3.11. The van der Waals surface area contributed by atoms with Gasteiger partial charge in [-0.2, -0.15) is 0 Å². The molecule has 1 aromatic heterocycles. The van der Waals surface area contributed by atoms with E-state index < -0.39 is 11.6 Å². The summed E-state index contributed by atoms with van der Waals surface area (Å²) in [4.78, 5) is 0.898. The molecule has 114 valence electrons. The minimum absolute atomic E-state index is 0.150. The molecule has 6 heteroatoms. The molecule has 0 radical (unpaired) electrons. The zero-order chi connectivity index (χ0) is 15.2. The minimum atomic E-state index is -0.668. The van der Waals surface area contributed by atoms with E-state index in [-0.39, 0.29) is 12.4 Å². The van der Waals surface area contributed by atoms with E-state index in [2.05, 4.69) is 21.2 Å². The van der Waals surface area contributed by atoms with Crippen molar-refractivity contribution in [2.75, 3.05) is 6.54 Å². The van der Waals surface area contributed by atoms with Gasteiger partial charge in [-0.05, 0) is 58.7 Å². The lowest BCUT2D eigenvalue weighted by Crippen LogP contribution is -2.14. The van der Waals surface area contributed by atoms with E-state index in [1.807, 2.05) is 19.1 Å². The van der Waals surface area contributed by atoms with Crippen LogP contribution >= 0.6 is 27.3 Å². The number of nitrogens with one attached hydrogen (secondary N) is 1. The van der Waals surface area contributed by atoms with Gasteiger partial charge in [-0.3, -0.25) is 0 Å². The molecule has 0 unspecified atom stereocenters. The Bertz CT molecular complexity index is 580. The Morgan fingerprint density at radius 2 is 1.95 bits per heavy atom. The molecule has 2 aromatic rings. The predicted molar refractivity (Wildman–Crippen MR) is 84.7 cm³/mol. The average molecular weight is 376 g/mol. The number of thiophene rings is 1. The van der Waals surface area contributed by atoms with Gasteiger partial charge in [-0.25, -0.2) is 8.78 Å². The van der Waals surface area contributed by atoms with Crippen molar-refractivity contribution in [1.82, 2.24) is 5.32 Å². The van der Waals surface area contributed by atoms with Gasteiger partial charge in [0.2, 0.25) is 0 Å². The molecule has 0 saturated heterocycles. The minimum Gasteiger partial charge on any atom is -0.482 e. The Labute approximate surface area is 135 Å². The van der Waals surface area contributed by atoms with Crippen molar-refractivity contribution in [2.45, 2.75) is 26.5 Å². The first-order valence-corrected chi connectivity index (χ1v) is 8.26. The molecule has 0 saturated carbocycles. The molecule has 21 heavy (non-hydrogen) atoms. The van der Waals surface area contributed by atoms with Crippen molar-refractivity contribution in [1.29, 1.82) is 0 Å². The molecule has 0 aliphatic carbocycles. The normalized spacial score (nSPS) is 10.9. The molecule has 0 amide bonds. The summed E-state index contributed by atoms with van der Waals surface area (Å²) < 4.78 is 34.1. The highest BCUT2D eigenvalue weighted by Crippen LogP contribution is 2.27. The number of halogens is 3. The smallest absolute Gasteiger partial charge is 0.191 e. The molecule has 0 bridgehead atoms. The van der Waals surface area contributed by atoms with Crippen LogP contribution < -0.4 is 10.1 Å². The summed E-state index contributed by atoms with van der Waals surface area (Å²) in [6.45, 7) is 3.44. The molecule has 0 spiro atoms. The molecule has 2 nitrogen and oxygen atoms in total. The van der Waals surface area contributed by atoms with Crippen molar-refractivity contribution in [3.8, 4) is 5.75 Å². The van der Waals surface area contributed by atoms with Crippen LogP contribution in [0.25, 0.3) is 0 Å². The summed E-state index contributed by atoms with van der Waals surface area (Å²) in [7, 11) is 0. The Balaban J connectivity index is 2.02. The largest absolute Gasteiger partial charge is 0.482 e. The molecular formula is C15H16BrF2NOS. The van der Waals surface area contributed by atoms with Crippen LogP contribution in [0.5, 0.6) is 5.75 Å². The zero-order valence-corrected chi connectivity index (χ0v) is 14.0. The van der Waals surface area contributed by atoms with Crippen molar-refractivity contribution in [3.63, 3.8) is 0 Å². The van der Waals surface area contributed by atoms with Gasteiger partial charge in [-0.15, -0.1) is 11.3 Å². The van der Waals surface area contributed by atoms with Crippen molar-refractivity contribution in [2.24, 2.45) is 0 Å². The van der Waals surface area contributed by atoms with Crippen LogP contribution in [0.4, 0.5) is 8.78 Å². The average Bonchev–Trinajstić information content (AvgIpc) is 2.84. The summed E-state index contributed by atoms with van der Waals surface area (Å²) >= 11 is 4.81. The lowest BCUT2D eigenvalue weighted by Gasteiger charge is -2.10. The van der Waals surface area contributed by atoms with Crippen LogP contribution in [0.3, 0.4) is 0 Å². The molecule has 1 aromatic carbocycles. The Morgan fingerprint density at radius 1 is 1.24 bits per heavy atom. The van der Waals surface area contributed by atoms with Crippen LogP contribution in [-0.2, 0) is 13.2 Å². The second-order valence-electron chi connectivity index (χ2n) is 4.56. The van der Waals surface area contributed by atoms with Gasteiger partial charge < -0.3 is 10.1 Å². The van der Waals surface area contributed by atoms with Crippen LogP contribution in [-0.4, -0.2) is 6.54 Å². The highest BCUT2D eigenvalue weighted by Gasteiger charge is 2.13. The number of hydrogen-bond acceptors (Lipinski definition) is 3. The second-order valence-corrected chi connectivity index (χ2v) is 7.11. The monoisotopic (exact) mass is 375 g/mol. The van der Waals surface area contributed by atoms with Crippen LogP contribution in [0.1, 0.15) is 23.8 Å². The van der Waals surface area contributed by atoms with Crippen LogP contribution in [0, 0.1) is 11.6 Å². The number of benzene rings is 1. The highest BCUT2D eigenvalue weighted by atomic mass is 79.9. The summed E-state index contributed by atoms with van der Waals surface area (Å²) in [6, 6.07) is 6.35. The molecule has 0 aliphatic rings. The van der Waals surface area contributed by atoms with E-state index >= 15 is 0 Å². The lowest BCUT2D eigenvalue weighted by molar-refractivity contribution is 0.276. The Hall–Kier alpha value is -0.980. The van der Waals surface area contributed by atoms with Crippen LogP contribution in [0.2, 0.25) is 0 Å². The van der Waals surface area contributed by atoms with Crippen molar-refractivity contribution < 1.29 is 13.5 Å². The van der Waals surface area contributed by atoms with Gasteiger partial charge in [0.1, 0.15) is 6.61 Å². The summed E-state index contributed by atoms with van der Waals surface area (Å²) in [5.41, 5.74) is 0.574. The molecule has 0 atom stereocenters. The van der Waals surface area contributed by atoms with Crippen molar-refractivity contribution >= 4 is 27.3 Å². The van der Waals surface area contributed by atoms with Gasteiger partial charge >= 0.3 is 0 Å². The maximum Gasteiger partial charge on any atom is 0.191 e. The third-order valence-corrected chi connectivity index (χ3v) is 4.40. The van der Waals surface area contributed by atoms with Gasteiger partial charge in [0.25, 0.3) is 0 Å². The zero-order valence-electron chi connectivity index (χ0n) is 11.6. The fraction of sp³-hybridized carbons (Fsp3) is 0.333. The third kappa shape index (κ3) is 4.76. The Morgan fingerprint density at radius 3 is 2.52 bits per heavy atom. The van der Waals surface area contributed by atoms with Crippen LogP contribution in [0.15, 0.2) is 28.1 Å². The van der Waals surface area contributed by atoms with Gasteiger partial charge in [-0.1, -0.05) is 6.92 Å². The van der Waals surface area contributed by atoms with Gasteiger partial charge in [0, 0.05) is 11.4 Å². The number of hydrogen-bond donors (Lipinski definition) is 1. The maximum atomic E-state index is 13.9. The summed E-state index contributed by atoms with van der Waals surface area (Å²) in [6.07, 6.45) is 0.975. The third-order valence-electron chi connectivity index (χ3n) is 2.80. The van der Waals surface area contributed by atoms with E-state index in [4.69, 9.17) is 4.74 Å². The van der Waals surface area contributed by atoms with E-state index in [0.717, 1.165) is 21.6 Å². The second kappa shape index (κ2) is 7.87. The number of ether oxygens (including phenoxy) is 1. The van der Waals surface area contributed by atoms with E-state index in [0.29, 0.717) is 12.1 Å². The standard InChI is InChI=1S/C15H16BrF2NOS/c1-2-5-19-8-10-6-12(17)15(13(18)7-10)20-9-11-3-4-14(16)21-11/h3-4,6-7,19H,2,5,8-9H2,1H3. The first-order chi connectivity index (χ1) is 10.1. The van der Waals surface area contributed by atoms with E-state index in [9.17, 15) is 8.78 Å². The van der Waals surface area contributed by atoms with Gasteiger partial charge in [0.05, 0.1) is 3.79 Å². The molecular weight excluding hydrogens is 360 g/mol. The molecule has 2 rings (SSSR count). The first-order valence-electron chi connectivity index (χ1n) is 6.65. The Kier molecular flexibility index (Phi) is 6.14. The molecule has 0 fully saturated rings. The number of rotatable bonds is 7. The summed E-state index contributed by atoms with van der Waals surface area (Å²) in [5.74, 6) is -1.66. The topological polar surface area (TPSA) is 21.3 Å². The SMILES string of the molecule is CCCNCc1cc(F)c(OCc2ccc(Br)s2)c(F)c1. The molecule has 1 N–H and O–H groups in total. The fourth-order valence-corrected chi connectivity index (χ4v) is 3.23. The lowest BCUT2D eigenvalue weighted by atomic mass is 10.2. The quantitative estimate of drug-likeness (QED) is 0.697. The molecule has 0 aliphatic heterocycles. The predicted octanol–water partition coefficient (Wildman–Crippen LogP) is 4.87. The van der Waals surface area contributed by atoms with E-state index in [1.54, 1.807) is 0 Å². The first kappa shape index (κ1) is 16.4. The van der Waals surface area contributed by atoms with Crippen molar-refractivity contribution in [3.05, 3.63) is 50.1 Å². The molecule has 1 heterocycles.